The molecule has 1 rings (SSSR count). The first-order chi connectivity index (χ1) is 6.07. The van der Waals surface area contributed by atoms with Gasteiger partial charge in [-0.25, -0.2) is 4.39 Å². The molecule has 0 saturated heterocycles. The molecule has 0 atom stereocenters. The van der Waals surface area contributed by atoms with Gasteiger partial charge in [0.15, 0.2) is 11.6 Å². The molecule has 13 heavy (non-hydrogen) atoms. The number of nitrogens with zero attached hydrogens (tertiary/aromatic N) is 1. The molecule has 0 aliphatic carbocycles. The SMILES string of the molecule is COc1ccc(F)c(F)c1[N+](=O)[O-]. The number of halogens is 2. The molecule has 0 fully saturated rings. The van der Waals surface area contributed by atoms with Crippen LogP contribution in [0, 0.1) is 21.7 Å². The van der Waals surface area contributed by atoms with Gasteiger partial charge in [-0.1, -0.05) is 0 Å². The third-order valence-corrected chi connectivity index (χ3v) is 1.43. The Morgan fingerprint density at radius 1 is 1.46 bits per heavy atom. The monoisotopic (exact) mass is 189 g/mol. The summed E-state index contributed by atoms with van der Waals surface area (Å²) in [6.07, 6.45) is 0. The molecule has 0 saturated carbocycles. The molecule has 0 heterocycles. The number of hydrogen-bond donors (Lipinski definition) is 0. The van der Waals surface area contributed by atoms with Gasteiger partial charge in [0.2, 0.25) is 5.82 Å². The van der Waals surface area contributed by atoms with E-state index in [4.69, 9.17) is 0 Å². The van der Waals surface area contributed by atoms with E-state index in [0.717, 1.165) is 19.2 Å². The van der Waals surface area contributed by atoms with Crippen molar-refractivity contribution in [1.29, 1.82) is 0 Å². The number of nitro benzene ring substituents is 1. The van der Waals surface area contributed by atoms with Gasteiger partial charge in [0.25, 0.3) is 0 Å². The molecule has 0 unspecified atom stereocenters. The van der Waals surface area contributed by atoms with Crippen LogP contribution in [0.15, 0.2) is 12.1 Å². The van der Waals surface area contributed by atoms with E-state index in [0.29, 0.717) is 0 Å². The van der Waals surface area contributed by atoms with Gasteiger partial charge in [-0.05, 0) is 12.1 Å². The van der Waals surface area contributed by atoms with Crippen molar-refractivity contribution >= 4 is 5.69 Å². The van der Waals surface area contributed by atoms with E-state index >= 15 is 0 Å². The molecule has 0 N–H and O–H groups in total. The van der Waals surface area contributed by atoms with Gasteiger partial charge in [0.05, 0.1) is 12.0 Å². The maximum Gasteiger partial charge on any atom is 0.349 e. The number of nitro groups is 1. The minimum absolute atomic E-state index is 0.302. The lowest BCUT2D eigenvalue weighted by Gasteiger charge is -2.01. The van der Waals surface area contributed by atoms with Crippen molar-refractivity contribution < 1.29 is 18.4 Å². The minimum atomic E-state index is -1.51. The van der Waals surface area contributed by atoms with Crippen molar-refractivity contribution in [1.82, 2.24) is 0 Å². The third kappa shape index (κ3) is 1.56. The van der Waals surface area contributed by atoms with Crippen LogP contribution in [-0.2, 0) is 0 Å². The molecule has 4 nitrogen and oxygen atoms in total. The second-order valence-electron chi connectivity index (χ2n) is 2.17. The van der Waals surface area contributed by atoms with E-state index in [1.165, 1.54) is 0 Å². The topological polar surface area (TPSA) is 52.4 Å². The number of rotatable bonds is 2. The fourth-order valence-corrected chi connectivity index (χ4v) is 0.857. The lowest BCUT2D eigenvalue weighted by Crippen LogP contribution is -1.99. The van der Waals surface area contributed by atoms with E-state index in [9.17, 15) is 18.9 Å². The Bertz CT molecular complexity index is 354. The maximum atomic E-state index is 12.8. The molecule has 0 aliphatic heterocycles. The van der Waals surface area contributed by atoms with Crippen LogP contribution in [0.4, 0.5) is 14.5 Å². The van der Waals surface area contributed by atoms with Crippen molar-refractivity contribution in [3.63, 3.8) is 0 Å². The summed E-state index contributed by atoms with van der Waals surface area (Å²) in [6, 6.07) is 1.76. The van der Waals surface area contributed by atoms with Crippen LogP contribution in [0.1, 0.15) is 0 Å². The summed E-state index contributed by atoms with van der Waals surface area (Å²) in [7, 11) is 1.14. The van der Waals surface area contributed by atoms with Gasteiger partial charge < -0.3 is 4.74 Å². The van der Waals surface area contributed by atoms with Crippen LogP contribution in [0.25, 0.3) is 0 Å². The average Bonchev–Trinajstić information content (AvgIpc) is 2.08. The quantitative estimate of drug-likeness (QED) is 0.527. The summed E-state index contributed by atoms with van der Waals surface area (Å²) in [6.45, 7) is 0. The lowest BCUT2D eigenvalue weighted by molar-refractivity contribution is -0.388. The largest absolute Gasteiger partial charge is 0.490 e. The first-order valence-electron chi connectivity index (χ1n) is 3.24. The predicted octanol–water partition coefficient (Wildman–Crippen LogP) is 1.88. The van der Waals surface area contributed by atoms with Crippen LogP contribution in [0.2, 0.25) is 0 Å². The molecule has 0 radical (unpaired) electrons. The first kappa shape index (κ1) is 9.37. The Kier molecular flexibility index (Phi) is 2.41. The zero-order chi connectivity index (χ0) is 10.0. The molecule has 1 aromatic carbocycles. The number of benzene rings is 1. The van der Waals surface area contributed by atoms with Crippen LogP contribution < -0.4 is 4.74 Å². The Labute approximate surface area is 71.9 Å². The van der Waals surface area contributed by atoms with E-state index in [-0.39, 0.29) is 5.75 Å². The summed E-state index contributed by atoms with van der Waals surface area (Å²) in [4.78, 5) is 9.24. The molecular formula is C7H5F2NO3. The van der Waals surface area contributed by atoms with E-state index in [1.807, 2.05) is 0 Å². The zero-order valence-electron chi connectivity index (χ0n) is 6.58. The fourth-order valence-electron chi connectivity index (χ4n) is 0.857. The summed E-state index contributed by atoms with van der Waals surface area (Å²) in [5.74, 6) is -3.08. The average molecular weight is 189 g/mol. The van der Waals surface area contributed by atoms with E-state index in [2.05, 4.69) is 4.74 Å². The molecule has 0 aliphatic rings. The summed E-state index contributed by atoms with van der Waals surface area (Å²) in [5.41, 5.74) is -0.984. The Balaban J connectivity index is 3.41. The number of hydrogen-bond acceptors (Lipinski definition) is 3. The smallest absolute Gasteiger partial charge is 0.349 e. The van der Waals surface area contributed by atoms with Crippen LogP contribution in [0.5, 0.6) is 5.75 Å². The summed E-state index contributed by atoms with van der Waals surface area (Å²) < 4.78 is 29.8. The van der Waals surface area contributed by atoms with Gasteiger partial charge in [-0.15, -0.1) is 0 Å². The second kappa shape index (κ2) is 3.34. The predicted molar refractivity (Wildman–Crippen MR) is 39.6 cm³/mol. The highest BCUT2D eigenvalue weighted by Crippen LogP contribution is 2.30. The van der Waals surface area contributed by atoms with Crippen LogP contribution in [-0.4, -0.2) is 12.0 Å². The standard InChI is InChI=1S/C7H5F2NO3/c1-13-5-3-2-4(8)6(9)7(5)10(11)12/h2-3H,1H3. The van der Waals surface area contributed by atoms with Gasteiger partial charge in [0.1, 0.15) is 0 Å². The first-order valence-corrected chi connectivity index (χ1v) is 3.24. The second-order valence-corrected chi connectivity index (χ2v) is 2.17. The van der Waals surface area contributed by atoms with Crippen molar-refractivity contribution in [3.05, 3.63) is 33.9 Å². The molecular weight excluding hydrogens is 184 g/mol. The summed E-state index contributed by atoms with van der Waals surface area (Å²) >= 11 is 0. The van der Waals surface area contributed by atoms with Crippen molar-refractivity contribution in [2.24, 2.45) is 0 Å². The van der Waals surface area contributed by atoms with Gasteiger partial charge in [0, 0.05) is 0 Å². The minimum Gasteiger partial charge on any atom is -0.490 e. The Morgan fingerprint density at radius 2 is 2.08 bits per heavy atom. The third-order valence-electron chi connectivity index (χ3n) is 1.43. The number of ether oxygens (including phenoxy) is 1. The molecule has 0 amide bonds. The van der Waals surface area contributed by atoms with E-state index in [1.54, 1.807) is 0 Å². The van der Waals surface area contributed by atoms with Crippen LogP contribution in [0.3, 0.4) is 0 Å². The molecule has 70 valence electrons. The van der Waals surface area contributed by atoms with Gasteiger partial charge in [-0.3, -0.25) is 10.1 Å². The van der Waals surface area contributed by atoms with E-state index < -0.39 is 22.2 Å². The summed E-state index contributed by atoms with van der Waals surface area (Å²) in [5, 5.41) is 10.3. The van der Waals surface area contributed by atoms with Gasteiger partial charge >= 0.3 is 5.69 Å². The molecule has 6 heteroatoms. The fraction of sp³-hybridized carbons (Fsp3) is 0.143. The Morgan fingerprint density at radius 3 is 2.54 bits per heavy atom. The van der Waals surface area contributed by atoms with Crippen molar-refractivity contribution in [2.75, 3.05) is 7.11 Å². The Hall–Kier alpha value is -1.72. The van der Waals surface area contributed by atoms with Crippen LogP contribution >= 0.6 is 0 Å². The molecule has 0 bridgehead atoms. The molecule has 0 spiro atoms. The number of methoxy groups -OCH3 is 1. The highest BCUT2D eigenvalue weighted by molar-refractivity contribution is 5.47. The molecule has 0 aromatic heterocycles. The lowest BCUT2D eigenvalue weighted by atomic mass is 10.3. The zero-order valence-corrected chi connectivity index (χ0v) is 6.58. The highest BCUT2D eigenvalue weighted by atomic mass is 19.2. The molecule has 1 aromatic rings. The van der Waals surface area contributed by atoms with Crippen molar-refractivity contribution in [2.45, 2.75) is 0 Å². The normalized spacial score (nSPS) is 9.77. The maximum absolute atomic E-state index is 12.8. The van der Waals surface area contributed by atoms with Crippen molar-refractivity contribution in [3.8, 4) is 5.75 Å². The van der Waals surface area contributed by atoms with Gasteiger partial charge in [-0.2, -0.15) is 4.39 Å². The highest BCUT2D eigenvalue weighted by Gasteiger charge is 2.24.